The smallest absolute Gasteiger partial charge is 0.0707 e. The van der Waals surface area contributed by atoms with Crippen LogP contribution in [-0.4, -0.2) is 41.8 Å². The molecule has 0 aromatic heterocycles. The monoisotopic (exact) mass is 262 g/mol. The zero-order chi connectivity index (χ0) is 13.7. The fourth-order valence-electron chi connectivity index (χ4n) is 2.66. The first-order valence-corrected chi connectivity index (χ1v) is 7.33. The Balaban J connectivity index is 1.79. The zero-order valence-electron chi connectivity index (χ0n) is 12.0. The highest BCUT2D eigenvalue weighted by Crippen LogP contribution is 2.19. The number of nitrogens with zero attached hydrogens (tertiary/aromatic N) is 1. The first-order valence-electron chi connectivity index (χ1n) is 7.33. The fraction of sp³-hybridized carbons (Fsp3) is 0.625. The van der Waals surface area contributed by atoms with Crippen LogP contribution in [0.25, 0.3) is 0 Å². The lowest BCUT2D eigenvalue weighted by atomic mass is 9.93. The minimum Gasteiger partial charge on any atom is -0.391 e. The second-order valence-corrected chi connectivity index (χ2v) is 5.90. The number of aliphatic hydroxyl groups is 1. The van der Waals surface area contributed by atoms with Crippen LogP contribution in [0.3, 0.4) is 0 Å². The zero-order valence-corrected chi connectivity index (χ0v) is 12.0. The fourth-order valence-corrected chi connectivity index (χ4v) is 2.66. The van der Waals surface area contributed by atoms with Crippen LogP contribution in [0.4, 0.5) is 0 Å². The summed E-state index contributed by atoms with van der Waals surface area (Å²) in [6.45, 7) is 8.05. The molecular weight excluding hydrogens is 236 g/mol. The summed E-state index contributed by atoms with van der Waals surface area (Å²) in [5.41, 5.74) is 1.33. The van der Waals surface area contributed by atoms with E-state index in [1.807, 2.05) is 6.07 Å². The second kappa shape index (κ2) is 7.04. The van der Waals surface area contributed by atoms with E-state index in [4.69, 9.17) is 0 Å². The minimum absolute atomic E-state index is 0.205. The van der Waals surface area contributed by atoms with E-state index < -0.39 is 0 Å². The summed E-state index contributed by atoms with van der Waals surface area (Å²) in [6, 6.07) is 11.0. The topological polar surface area (TPSA) is 35.5 Å². The lowest BCUT2D eigenvalue weighted by Crippen LogP contribution is -2.47. The van der Waals surface area contributed by atoms with Crippen LogP contribution in [0, 0.1) is 5.92 Å². The summed E-state index contributed by atoms with van der Waals surface area (Å²) >= 11 is 0. The Morgan fingerprint density at radius 3 is 2.68 bits per heavy atom. The molecule has 0 aliphatic carbocycles. The molecule has 0 radical (unpaired) electrons. The van der Waals surface area contributed by atoms with Crippen molar-refractivity contribution in [3.05, 3.63) is 35.9 Å². The average molecular weight is 262 g/mol. The molecule has 0 spiro atoms. The van der Waals surface area contributed by atoms with Crippen molar-refractivity contribution >= 4 is 0 Å². The number of hydrogen-bond donors (Lipinski definition) is 2. The molecule has 19 heavy (non-hydrogen) atoms. The quantitative estimate of drug-likeness (QED) is 0.850. The highest BCUT2D eigenvalue weighted by Gasteiger charge is 2.27. The molecule has 1 heterocycles. The number of benzene rings is 1. The van der Waals surface area contributed by atoms with Crippen LogP contribution in [0.2, 0.25) is 0 Å². The number of piperidine rings is 1. The van der Waals surface area contributed by atoms with E-state index in [0.717, 1.165) is 32.6 Å². The lowest BCUT2D eigenvalue weighted by Gasteiger charge is -2.36. The molecule has 2 N–H and O–H groups in total. The summed E-state index contributed by atoms with van der Waals surface area (Å²) in [5, 5.41) is 13.7. The summed E-state index contributed by atoms with van der Waals surface area (Å²) in [6.07, 6.45) is 0.872. The van der Waals surface area contributed by atoms with Crippen molar-refractivity contribution in [2.45, 2.75) is 39.0 Å². The number of rotatable bonds is 5. The molecule has 3 heteroatoms. The van der Waals surface area contributed by atoms with Crippen LogP contribution in [0.15, 0.2) is 30.3 Å². The molecule has 0 bridgehead atoms. The largest absolute Gasteiger partial charge is 0.391 e. The predicted octanol–water partition coefficient (Wildman–Crippen LogP) is 1.87. The van der Waals surface area contributed by atoms with Gasteiger partial charge < -0.3 is 10.4 Å². The summed E-state index contributed by atoms with van der Waals surface area (Å²) in [5.74, 6) is 0.398. The molecule has 0 amide bonds. The van der Waals surface area contributed by atoms with E-state index in [1.54, 1.807) is 0 Å². The first-order chi connectivity index (χ1) is 9.15. The van der Waals surface area contributed by atoms with Gasteiger partial charge in [-0.3, -0.25) is 4.90 Å². The number of β-amino-alcohol motifs (C(OH)–C–C–N with tert-alkyl or cyclic N) is 1. The molecule has 0 saturated carbocycles. The lowest BCUT2D eigenvalue weighted by molar-refractivity contribution is 0.0183. The molecule has 1 aromatic carbocycles. The Morgan fingerprint density at radius 1 is 1.32 bits per heavy atom. The van der Waals surface area contributed by atoms with Crippen LogP contribution in [-0.2, 0) is 6.54 Å². The maximum Gasteiger partial charge on any atom is 0.0707 e. The molecule has 1 aliphatic heterocycles. The molecule has 1 fully saturated rings. The van der Waals surface area contributed by atoms with Gasteiger partial charge in [0.25, 0.3) is 0 Å². The predicted molar refractivity (Wildman–Crippen MR) is 79.0 cm³/mol. The number of nitrogens with one attached hydrogen (secondary N) is 1. The third-order valence-electron chi connectivity index (χ3n) is 3.84. The summed E-state index contributed by atoms with van der Waals surface area (Å²) in [4.78, 5) is 2.35. The van der Waals surface area contributed by atoms with Gasteiger partial charge in [0.05, 0.1) is 6.10 Å². The Bertz CT molecular complexity index is 366. The standard InChI is InChI=1S/C16H26N2O/c1-13(2)17-10-15-8-9-18(12-16(15)19)11-14-6-4-3-5-7-14/h3-7,13,15-17,19H,8-12H2,1-2H3. The molecule has 3 nitrogen and oxygen atoms in total. The number of hydrogen-bond acceptors (Lipinski definition) is 3. The molecule has 106 valence electrons. The average Bonchev–Trinajstić information content (AvgIpc) is 2.39. The van der Waals surface area contributed by atoms with Gasteiger partial charge in [0, 0.05) is 25.7 Å². The normalized spacial score (nSPS) is 24.8. The molecule has 1 saturated heterocycles. The molecule has 2 atom stereocenters. The molecule has 1 aliphatic rings. The number of likely N-dealkylation sites (tertiary alicyclic amines) is 1. The van der Waals surface area contributed by atoms with Gasteiger partial charge >= 0.3 is 0 Å². The van der Waals surface area contributed by atoms with Gasteiger partial charge in [0.1, 0.15) is 0 Å². The van der Waals surface area contributed by atoms with Crippen LogP contribution >= 0.6 is 0 Å². The van der Waals surface area contributed by atoms with Crippen molar-refractivity contribution in [1.82, 2.24) is 10.2 Å². The SMILES string of the molecule is CC(C)NCC1CCN(Cc2ccccc2)CC1O. The molecule has 2 rings (SSSR count). The Kier molecular flexibility index (Phi) is 5.37. The summed E-state index contributed by atoms with van der Waals surface area (Å²) in [7, 11) is 0. The maximum atomic E-state index is 10.2. The Labute approximate surface area is 116 Å². The van der Waals surface area contributed by atoms with Crippen molar-refractivity contribution in [3.63, 3.8) is 0 Å². The maximum absolute atomic E-state index is 10.2. The van der Waals surface area contributed by atoms with Crippen molar-refractivity contribution in [1.29, 1.82) is 0 Å². The van der Waals surface area contributed by atoms with E-state index >= 15 is 0 Å². The Hall–Kier alpha value is -0.900. The third-order valence-corrected chi connectivity index (χ3v) is 3.84. The highest BCUT2D eigenvalue weighted by atomic mass is 16.3. The van der Waals surface area contributed by atoms with Gasteiger partial charge in [-0.15, -0.1) is 0 Å². The van der Waals surface area contributed by atoms with Crippen LogP contribution in [0.1, 0.15) is 25.8 Å². The van der Waals surface area contributed by atoms with E-state index in [1.165, 1.54) is 5.56 Å². The van der Waals surface area contributed by atoms with Gasteiger partial charge in [0.2, 0.25) is 0 Å². The van der Waals surface area contributed by atoms with Gasteiger partial charge in [-0.05, 0) is 24.4 Å². The van der Waals surface area contributed by atoms with Gasteiger partial charge in [0.15, 0.2) is 0 Å². The van der Waals surface area contributed by atoms with E-state index in [0.29, 0.717) is 12.0 Å². The third kappa shape index (κ3) is 4.60. The molecule has 2 unspecified atom stereocenters. The van der Waals surface area contributed by atoms with Crippen LogP contribution in [0.5, 0.6) is 0 Å². The van der Waals surface area contributed by atoms with Crippen molar-refractivity contribution < 1.29 is 5.11 Å². The second-order valence-electron chi connectivity index (χ2n) is 5.90. The van der Waals surface area contributed by atoms with Gasteiger partial charge in [-0.2, -0.15) is 0 Å². The molecule has 1 aromatic rings. The van der Waals surface area contributed by atoms with Crippen molar-refractivity contribution in [2.24, 2.45) is 5.92 Å². The van der Waals surface area contributed by atoms with Crippen molar-refractivity contribution in [3.8, 4) is 0 Å². The summed E-state index contributed by atoms with van der Waals surface area (Å²) < 4.78 is 0. The van der Waals surface area contributed by atoms with E-state index in [2.05, 4.69) is 48.3 Å². The Morgan fingerprint density at radius 2 is 2.05 bits per heavy atom. The van der Waals surface area contributed by atoms with Gasteiger partial charge in [-0.1, -0.05) is 44.2 Å². The van der Waals surface area contributed by atoms with Crippen LogP contribution < -0.4 is 5.32 Å². The first kappa shape index (κ1) is 14.5. The van der Waals surface area contributed by atoms with Crippen molar-refractivity contribution in [2.75, 3.05) is 19.6 Å². The minimum atomic E-state index is -0.205. The van der Waals surface area contributed by atoms with E-state index in [-0.39, 0.29) is 6.10 Å². The highest BCUT2D eigenvalue weighted by molar-refractivity contribution is 5.14. The van der Waals surface area contributed by atoms with Gasteiger partial charge in [-0.25, -0.2) is 0 Å². The number of aliphatic hydroxyl groups excluding tert-OH is 1. The molecular formula is C16H26N2O. The van der Waals surface area contributed by atoms with E-state index in [9.17, 15) is 5.11 Å².